The maximum Gasteiger partial charge on any atom is 0.159 e. The number of hydrogen-bond acceptors (Lipinski definition) is 5. The van der Waals surface area contributed by atoms with E-state index in [9.17, 15) is 4.39 Å². The van der Waals surface area contributed by atoms with E-state index >= 15 is 0 Å². The molecule has 2 N–H and O–H groups in total. The Morgan fingerprint density at radius 1 is 0.886 bits per heavy atom. The molecule has 7 rings (SSSR count). The Hall–Kier alpha value is -4.46. The topological polar surface area (TPSA) is 96.0 Å². The summed E-state index contributed by atoms with van der Waals surface area (Å²) in [6.07, 6.45) is 12.9. The van der Waals surface area contributed by atoms with Crippen LogP contribution in [0.15, 0.2) is 67.4 Å². The van der Waals surface area contributed by atoms with Crippen LogP contribution in [0.1, 0.15) is 30.7 Å². The average molecular weight is 462 g/mol. The fraction of sp³-hybridized carbons (Fsp3) is 0.148. The standard InChI is InChI=1S/C27H20FN7/c28-20-6-2-5-16(8-20)22-13-30-14-23-24(22)33-27(32-23)25-21-9-19(12-31-26(21)35-34-25)18-7-17(10-29-11-18)15-3-1-4-15/h2,5-15H,1,3-4H2,(H,32,33)(H,31,34,35). The molecule has 1 saturated carbocycles. The normalized spacial score (nSPS) is 14.0. The summed E-state index contributed by atoms with van der Waals surface area (Å²) >= 11 is 0. The van der Waals surface area contributed by atoms with Crippen molar-refractivity contribution in [3.05, 3.63) is 78.8 Å². The minimum atomic E-state index is -0.303. The van der Waals surface area contributed by atoms with Crippen LogP contribution >= 0.6 is 0 Å². The van der Waals surface area contributed by atoms with Gasteiger partial charge in [0.2, 0.25) is 0 Å². The molecular formula is C27H20FN7. The molecule has 0 bridgehead atoms. The van der Waals surface area contributed by atoms with Crippen LogP contribution in [-0.4, -0.2) is 35.1 Å². The van der Waals surface area contributed by atoms with E-state index in [1.807, 2.05) is 24.7 Å². The maximum absolute atomic E-state index is 13.9. The molecule has 0 atom stereocenters. The molecule has 0 unspecified atom stereocenters. The second kappa shape index (κ2) is 7.80. The molecule has 0 spiro atoms. The Kier molecular flexibility index (Phi) is 4.45. The predicted molar refractivity (Wildman–Crippen MR) is 132 cm³/mol. The average Bonchev–Trinajstić information content (AvgIpc) is 3.46. The molecule has 0 aliphatic heterocycles. The van der Waals surface area contributed by atoms with Crippen molar-refractivity contribution >= 4 is 22.1 Å². The van der Waals surface area contributed by atoms with E-state index in [1.165, 1.54) is 37.0 Å². The number of imidazole rings is 1. The van der Waals surface area contributed by atoms with Gasteiger partial charge in [-0.05, 0) is 54.2 Å². The fourth-order valence-corrected chi connectivity index (χ4v) is 4.73. The number of pyridine rings is 3. The van der Waals surface area contributed by atoms with Gasteiger partial charge in [0.15, 0.2) is 11.5 Å². The molecule has 1 aromatic carbocycles. The summed E-state index contributed by atoms with van der Waals surface area (Å²) in [5, 5.41) is 8.37. The molecule has 0 saturated heterocycles. The highest BCUT2D eigenvalue weighted by atomic mass is 19.1. The highest BCUT2D eigenvalue weighted by molar-refractivity contribution is 5.96. The van der Waals surface area contributed by atoms with Crippen molar-refractivity contribution in [1.29, 1.82) is 0 Å². The summed E-state index contributed by atoms with van der Waals surface area (Å²) < 4.78 is 13.9. The van der Waals surface area contributed by atoms with Crippen molar-refractivity contribution in [2.45, 2.75) is 25.2 Å². The number of hydrogen-bond donors (Lipinski definition) is 2. The number of benzene rings is 1. The summed E-state index contributed by atoms with van der Waals surface area (Å²) in [6, 6.07) is 10.7. The smallest absolute Gasteiger partial charge is 0.159 e. The first-order chi connectivity index (χ1) is 17.2. The zero-order valence-electron chi connectivity index (χ0n) is 18.7. The molecule has 1 aliphatic carbocycles. The number of H-pyrrole nitrogens is 2. The third-order valence-electron chi connectivity index (χ3n) is 6.84. The number of halogens is 1. The van der Waals surface area contributed by atoms with Crippen LogP contribution in [-0.2, 0) is 0 Å². The molecule has 0 radical (unpaired) electrons. The summed E-state index contributed by atoms with van der Waals surface area (Å²) in [4.78, 5) is 21.6. The largest absolute Gasteiger partial charge is 0.335 e. The number of fused-ring (bicyclic) bond motifs is 2. The van der Waals surface area contributed by atoms with Crippen LogP contribution in [0.4, 0.5) is 4.39 Å². The third-order valence-corrected chi connectivity index (χ3v) is 6.84. The zero-order valence-corrected chi connectivity index (χ0v) is 18.7. The van der Waals surface area contributed by atoms with Crippen molar-refractivity contribution in [2.24, 2.45) is 0 Å². The number of aromatic amines is 2. The van der Waals surface area contributed by atoms with Crippen LogP contribution in [0.2, 0.25) is 0 Å². The lowest BCUT2D eigenvalue weighted by atomic mass is 9.80. The van der Waals surface area contributed by atoms with Crippen LogP contribution < -0.4 is 0 Å². The Bertz CT molecular complexity index is 1710. The molecule has 5 aromatic heterocycles. The molecule has 0 amide bonds. The van der Waals surface area contributed by atoms with E-state index in [4.69, 9.17) is 4.98 Å². The van der Waals surface area contributed by atoms with Gasteiger partial charge in [0.05, 0.1) is 22.6 Å². The van der Waals surface area contributed by atoms with Crippen LogP contribution in [0.25, 0.3) is 55.8 Å². The Morgan fingerprint density at radius 3 is 2.63 bits per heavy atom. The summed E-state index contributed by atoms with van der Waals surface area (Å²) in [5.41, 5.74) is 7.58. The van der Waals surface area contributed by atoms with Gasteiger partial charge >= 0.3 is 0 Å². The van der Waals surface area contributed by atoms with E-state index < -0.39 is 0 Å². The van der Waals surface area contributed by atoms with Crippen LogP contribution in [0.5, 0.6) is 0 Å². The van der Waals surface area contributed by atoms with Gasteiger partial charge in [0.1, 0.15) is 11.5 Å². The fourth-order valence-electron chi connectivity index (χ4n) is 4.73. The molecule has 170 valence electrons. The molecule has 1 aliphatic rings. The van der Waals surface area contributed by atoms with Crippen molar-refractivity contribution in [1.82, 2.24) is 35.1 Å². The number of nitrogens with one attached hydrogen (secondary N) is 2. The molecule has 35 heavy (non-hydrogen) atoms. The minimum Gasteiger partial charge on any atom is -0.335 e. The molecule has 6 aromatic rings. The Balaban J connectivity index is 1.33. The molecule has 1 fully saturated rings. The highest BCUT2D eigenvalue weighted by Crippen LogP contribution is 2.38. The van der Waals surface area contributed by atoms with Crippen molar-refractivity contribution in [3.63, 3.8) is 0 Å². The predicted octanol–water partition coefficient (Wildman–Crippen LogP) is 6.03. The lowest BCUT2D eigenvalue weighted by Crippen LogP contribution is -2.08. The van der Waals surface area contributed by atoms with Gasteiger partial charge in [-0.1, -0.05) is 18.6 Å². The van der Waals surface area contributed by atoms with Crippen molar-refractivity contribution in [2.75, 3.05) is 0 Å². The van der Waals surface area contributed by atoms with Crippen molar-refractivity contribution in [3.8, 4) is 33.8 Å². The zero-order chi connectivity index (χ0) is 23.4. The van der Waals surface area contributed by atoms with E-state index in [2.05, 4.69) is 42.3 Å². The number of nitrogens with zero attached hydrogens (tertiary/aromatic N) is 5. The number of aromatic nitrogens is 7. The first kappa shape index (κ1) is 20.0. The summed E-state index contributed by atoms with van der Waals surface area (Å²) in [5.74, 6) is 0.903. The molecule has 5 heterocycles. The van der Waals surface area contributed by atoms with Gasteiger partial charge in [-0.3, -0.25) is 15.1 Å². The van der Waals surface area contributed by atoms with Gasteiger partial charge in [-0.2, -0.15) is 5.10 Å². The Labute approximate surface area is 199 Å². The minimum absolute atomic E-state index is 0.303. The van der Waals surface area contributed by atoms with E-state index in [0.717, 1.165) is 33.2 Å². The van der Waals surface area contributed by atoms with Crippen molar-refractivity contribution < 1.29 is 4.39 Å². The highest BCUT2D eigenvalue weighted by Gasteiger charge is 2.21. The van der Waals surface area contributed by atoms with Crippen LogP contribution in [0.3, 0.4) is 0 Å². The molecule has 8 heteroatoms. The first-order valence-corrected chi connectivity index (χ1v) is 11.6. The molecule has 7 nitrogen and oxygen atoms in total. The maximum atomic E-state index is 13.9. The first-order valence-electron chi connectivity index (χ1n) is 11.6. The number of rotatable bonds is 4. The van der Waals surface area contributed by atoms with E-state index in [-0.39, 0.29) is 5.82 Å². The Morgan fingerprint density at radius 2 is 1.77 bits per heavy atom. The SMILES string of the molecule is Fc1cccc(-c2cncc3[nH]c(-c4n[nH]c5ncc(-c6cncc(C7CCC7)c6)cc45)nc23)c1. The van der Waals surface area contributed by atoms with Gasteiger partial charge in [-0.25, -0.2) is 14.4 Å². The van der Waals surface area contributed by atoms with Gasteiger partial charge in [0.25, 0.3) is 0 Å². The quantitative estimate of drug-likeness (QED) is 0.334. The van der Waals surface area contributed by atoms with Crippen LogP contribution in [0, 0.1) is 5.82 Å². The van der Waals surface area contributed by atoms with Gasteiger partial charge in [0, 0.05) is 41.5 Å². The monoisotopic (exact) mass is 461 g/mol. The lowest BCUT2D eigenvalue weighted by Gasteiger charge is -2.25. The third kappa shape index (κ3) is 3.37. The lowest BCUT2D eigenvalue weighted by molar-refractivity contribution is 0.419. The van der Waals surface area contributed by atoms with Gasteiger partial charge in [-0.15, -0.1) is 0 Å². The van der Waals surface area contributed by atoms with E-state index in [1.54, 1.807) is 18.5 Å². The van der Waals surface area contributed by atoms with Gasteiger partial charge < -0.3 is 4.98 Å². The second-order valence-electron chi connectivity index (χ2n) is 9.01. The second-order valence-corrected chi connectivity index (χ2v) is 9.01. The summed E-state index contributed by atoms with van der Waals surface area (Å²) in [7, 11) is 0. The molecular weight excluding hydrogens is 441 g/mol. The summed E-state index contributed by atoms with van der Waals surface area (Å²) in [6.45, 7) is 0. The van der Waals surface area contributed by atoms with E-state index in [0.29, 0.717) is 28.6 Å².